The van der Waals surface area contributed by atoms with Crippen molar-refractivity contribution in [2.75, 3.05) is 26.4 Å². The van der Waals surface area contributed by atoms with Gasteiger partial charge in [0.25, 0.3) is 0 Å². The highest BCUT2D eigenvalue weighted by Crippen LogP contribution is 2.44. The molecular formula is C48H46B2N2O4. The molecule has 2 fully saturated rings. The molecule has 0 radical (unpaired) electrons. The topological polar surface area (TPSA) is 44.7 Å². The molecule has 11 rings (SSSR count). The number of nitrogens with zero attached hydrogens (tertiary/aromatic N) is 2. The van der Waals surface area contributed by atoms with Crippen LogP contribution in [0.15, 0.2) is 182 Å². The van der Waals surface area contributed by atoms with E-state index in [0.717, 1.165) is 82.3 Å². The first kappa shape index (κ1) is 35.7. The maximum Gasteiger partial charge on any atom is 0.513 e. The quantitative estimate of drug-likeness (QED) is 0.203. The molecule has 2 saturated heterocycles. The van der Waals surface area contributed by atoms with Crippen LogP contribution in [-0.2, 0) is 9.47 Å². The fourth-order valence-corrected chi connectivity index (χ4v) is 8.81. The Kier molecular flexibility index (Phi) is 10.2. The summed E-state index contributed by atoms with van der Waals surface area (Å²) in [6.07, 6.45) is 9.40. The Morgan fingerprint density at radius 1 is 0.357 bits per heavy atom. The van der Waals surface area contributed by atoms with E-state index in [9.17, 15) is 0 Å². The fraction of sp³-hybridized carbons (Fsp3) is 0.167. The molecular weight excluding hydrogens is 690 g/mol. The van der Waals surface area contributed by atoms with Crippen LogP contribution in [0.3, 0.4) is 0 Å². The lowest BCUT2D eigenvalue weighted by molar-refractivity contribution is -0.543. The lowest BCUT2D eigenvalue weighted by Gasteiger charge is -2.44. The summed E-state index contributed by atoms with van der Waals surface area (Å²) in [5, 5.41) is 0. The van der Waals surface area contributed by atoms with Crippen molar-refractivity contribution in [1.82, 2.24) is 0 Å². The molecule has 0 saturated carbocycles. The molecule has 0 bridgehead atoms. The van der Waals surface area contributed by atoms with Gasteiger partial charge < -0.3 is 27.7 Å². The maximum atomic E-state index is 7.39. The van der Waals surface area contributed by atoms with Gasteiger partial charge in [0, 0.05) is 38.6 Å². The highest BCUT2D eigenvalue weighted by molar-refractivity contribution is 6.92. The summed E-state index contributed by atoms with van der Waals surface area (Å²) in [5.74, 6) is 1.66. The molecule has 278 valence electrons. The second-order valence-electron chi connectivity index (χ2n) is 14.8. The summed E-state index contributed by atoms with van der Waals surface area (Å²) >= 11 is 0. The molecule has 56 heavy (non-hydrogen) atoms. The first-order valence-corrected chi connectivity index (χ1v) is 20.0. The van der Waals surface area contributed by atoms with Crippen molar-refractivity contribution >= 4 is 34.8 Å². The Morgan fingerprint density at radius 2 is 0.661 bits per heavy atom. The molecule has 0 spiro atoms. The lowest BCUT2D eigenvalue weighted by Crippen LogP contribution is -2.84. The van der Waals surface area contributed by atoms with Crippen molar-refractivity contribution < 1.29 is 27.7 Å². The van der Waals surface area contributed by atoms with Crippen LogP contribution in [-0.4, -0.2) is 39.4 Å². The minimum atomic E-state index is -1.85. The monoisotopic (exact) mass is 736 g/mol. The smallest absolute Gasteiger partial charge is 0.513 e. The van der Waals surface area contributed by atoms with Gasteiger partial charge in [-0.2, -0.15) is 0 Å². The summed E-state index contributed by atoms with van der Waals surface area (Å²) < 4.78 is 29.3. The second kappa shape index (κ2) is 16.0. The normalized spacial score (nSPS) is 16.4. The van der Waals surface area contributed by atoms with Crippen molar-refractivity contribution in [2.24, 2.45) is 0 Å². The summed E-state index contributed by atoms with van der Waals surface area (Å²) in [6, 6.07) is 59.4. The van der Waals surface area contributed by atoms with Crippen LogP contribution in [0.25, 0.3) is 22.5 Å². The lowest BCUT2D eigenvalue weighted by atomic mass is 9.40. The van der Waals surface area contributed by atoms with Crippen LogP contribution >= 0.6 is 0 Å². The predicted octanol–water partition coefficient (Wildman–Crippen LogP) is 6.18. The molecule has 0 N–H and O–H groups in total. The van der Waals surface area contributed by atoms with E-state index in [2.05, 4.69) is 191 Å². The van der Waals surface area contributed by atoms with Crippen LogP contribution in [0.5, 0.6) is 11.5 Å². The largest absolute Gasteiger partial charge is 0.651 e. The van der Waals surface area contributed by atoms with E-state index in [1.165, 1.54) is 25.7 Å². The average Bonchev–Trinajstić information content (AvgIpc) is 4.08. The third kappa shape index (κ3) is 6.49. The van der Waals surface area contributed by atoms with Gasteiger partial charge in [-0.25, -0.2) is 0 Å². The number of aromatic nitrogens is 2. The Hall–Kier alpha value is -5.95. The number of pyridine rings is 2. The molecule has 0 aliphatic carbocycles. The van der Waals surface area contributed by atoms with Gasteiger partial charge in [0.15, 0.2) is 11.4 Å². The van der Waals surface area contributed by atoms with Gasteiger partial charge in [-0.05, 0) is 49.9 Å². The van der Waals surface area contributed by atoms with Gasteiger partial charge in [-0.15, -0.1) is 0 Å². The molecule has 0 amide bonds. The van der Waals surface area contributed by atoms with E-state index in [1.54, 1.807) is 0 Å². The number of ether oxygens (including phenoxy) is 2. The number of benzene rings is 5. The zero-order chi connectivity index (χ0) is 37.6. The van der Waals surface area contributed by atoms with Gasteiger partial charge in [0.2, 0.25) is 0 Å². The van der Waals surface area contributed by atoms with Gasteiger partial charge in [-0.1, -0.05) is 155 Å². The first-order chi connectivity index (χ1) is 27.8. The minimum absolute atomic E-state index is 0.830. The Labute approximate surface area is 329 Å². The predicted molar refractivity (Wildman–Crippen MR) is 226 cm³/mol. The first-order valence-electron chi connectivity index (χ1n) is 20.0. The molecule has 7 aromatic rings. The molecule has 8 heteroatoms. The fourth-order valence-electron chi connectivity index (χ4n) is 8.81. The summed E-state index contributed by atoms with van der Waals surface area (Å²) in [4.78, 5) is 0. The van der Waals surface area contributed by atoms with E-state index in [-0.39, 0.29) is 0 Å². The third-order valence-electron chi connectivity index (χ3n) is 11.5. The van der Waals surface area contributed by atoms with E-state index >= 15 is 0 Å². The number of fused-ring (bicyclic) bond motifs is 6. The van der Waals surface area contributed by atoms with Crippen LogP contribution in [0.1, 0.15) is 25.7 Å². The molecule has 2 aromatic heterocycles. The average molecular weight is 737 g/mol. The summed E-state index contributed by atoms with van der Waals surface area (Å²) in [5.41, 5.74) is 8.58. The van der Waals surface area contributed by atoms with Crippen molar-refractivity contribution in [3.63, 3.8) is 0 Å². The highest BCUT2D eigenvalue weighted by atomic mass is 16.5. The molecule has 5 aromatic carbocycles. The maximum absolute atomic E-state index is 7.39. The molecule has 0 atom stereocenters. The molecule has 4 aliphatic heterocycles. The molecule has 6 nitrogen and oxygen atoms in total. The Balaban J connectivity index is 0.000000358. The summed E-state index contributed by atoms with van der Waals surface area (Å²) in [6.45, 7) is 0.293. The summed E-state index contributed by atoms with van der Waals surface area (Å²) in [7, 11) is 0. The third-order valence-corrected chi connectivity index (χ3v) is 11.5. The van der Waals surface area contributed by atoms with Crippen molar-refractivity contribution in [3.8, 4) is 34.0 Å². The SMILES string of the molecule is C1CCOC1.C1CCOC1.c1ccc([B-]2(c3ccccc3)Oc3cc4c(cc3-c3cccc[n+]32)O[B-](c2ccccc2)(c2ccccc2)[n+]2ccccc2-4)cc1. The van der Waals surface area contributed by atoms with Crippen LogP contribution in [0.2, 0.25) is 0 Å². The van der Waals surface area contributed by atoms with E-state index in [0.29, 0.717) is 0 Å². The van der Waals surface area contributed by atoms with Crippen LogP contribution in [0, 0.1) is 0 Å². The van der Waals surface area contributed by atoms with Crippen LogP contribution < -0.4 is 40.1 Å². The second-order valence-corrected chi connectivity index (χ2v) is 14.8. The van der Waals surface area contributed by atoms with E-state index in [4.69, 9.17) is 18.8 Å². The van der Waals surface area contributed by atoms with E-state index in [1.807, 2.05) is 0 Å². The van der Waals surface area contributed by atoms with Crippen molar-refractivity contribution in [3.05, 3.63) is 182 Å². The van der Waals surface area contributed by atoms with Gasteiger partial charge >= 0.3 is 13.0 Å². The minimum Gasteiger partial charge on any atom is -0.651 e. The zero-order valence-electron chi connectivity index (χ0n) is 31.7. The van der Waals surface area contributed by atoms with Crippen molar-refractivity contribution in [1.29, 1.82) is 0 Å². The van der Waals surface area contributed by atoms with Gasteiger partial charge in [0.05, 0.1) is 22.6 Å². The number of hydrogen-bond acceptors (Lipinski definition) is 4. The molecule has 6 heterocycles. The van der Waals surface area contributed by atoms with Crippen LogP contribution in [0.4, 0.5) is 0 Å². The van der Waals surface area contributed by atoms with E-state index < -0.39 is 13.0 Å². The standard InChI is InChI=1S/C40H30B2N2O2.2C4H8O/c1-5-17-31(18-6-1)41(32-19-7-2-8-20-32)43-27-15-13-25-37(43)35-30-40-36(29-39(35)45-41)38-26-14-16-28-44(38)42(46-40,33-21-9-3-10-22-33)34-23-11-4-12-24-34;2*1-2-4-5-3-1/h1-30H;2*1-4H2. The van der Waals surface area contributed by atoms with Crippen molar-refractivity contribution in [2.45, 2.75) is 25.7 Å². The Bertz CT molecular complexity index is 2130. The molecule has 4 aliphatic rings. The van der Waals surface area contributed by atoms with Gasteiger partial charge in [-0.3, -0.25) is 0 Å². The zero-order valence-corrected chi connectivity index (χ0v) is 31.7. The highest BCUT2D eigenvalue weighted by Gasteiger charge is 2.52. The molecule has 0 unspecified atom stereocenters. The number of rotatable bonds is 4. The van der Waals surface area contributed by atoms with Gasteiger partial charge in [0.1, 0.15) is 12.4 Å². The Morgan fingerprint density at radius 3 is 0.946 bits per heavy atom. The number of hydrogen-bond donors (Lipinski definition) is 0.